The van der Waals surface area contributed by atoms with E-state index in [9.17, 15) is 35.9 Å². The van der Waals surface area contributed by atoms with Crippen molar-refractivity contribution in [1.29, 1.82) is 0 Å². The van der Waals surface area contributed by atoms with Gasteiger partial charge in [-0.05, 0) is 70.6 Å². The van der Waals surface area contributed by atoms with E-state index in [1.54, 1.807) is 0 Å². The van der Waals surface area contributed by atoms with Crippen molar-refractivity contribution in [3.63, 3.8) is 0 Å². The van der Waals surface area contributed by atoms with E-state index in [4.69, 9.17) is 0 Å². The molecular weight excluding hydrogens is 542 g/mol. The summed E-state index contributed by atoms with van der Waals surface area (Å²) in [5.41, 5.74) is 0.506. The van der Waals surface area contributed by atoms with Gasteiger partial charge in [0, 0.05) is 0 Å². The second-order valence-electron chi connectivity index (χ2n) is 6.75. The lowest BCUT2D eigenvalue weighted by Crippen LogP contribution is -2.18. The van der Waals surface area contributed by atoms with Gasteiger partial charge in [-0.2, -0.15) is 0 Å². The predicted molar refractivity (Wildman–Crippen MR) is 109 cm³/mol. The quantitative estimate of drug-likeness (QED) is 0.313. The first-order chi connectivity index (χ1) is 15.7. The van der Waals surface area contributed by atoms with Crippen LogP contribution in [0.15, 0.2) is 40.9 Å². The maximum Gasteiger partial charge on any atom is 0.573 e. The van der Waals surface area contributed by atoms with E-state index in [2.05, 4.69) is 34.9 Å². The van der Waals surface area contributed by atoms with Gasteiger partial charge in [0.05, 0.1) is 29.8 Å². The molecule has 0 N–H and O–H groups in total. The minimum Gasteiger partial charge on any atom is -0.465 e. The first-order valence-corrected chi connectivity index (χ1v) is 10.1. The molecule has 0 amide bonds. The van der Waals surface area contributed by atoms with E-state index in [0.29, 0.717) is 5.56 Å². The smallest absolute Gasteiger partial charge is 0.465 e. The topological polar surface area (TPSA) is 71.1 Å². The lowest BCUT2D eigenvalue weighted by atomic mass is 10.1. The van der Waals surface area contributed by atoms with Crippen LogP contribution in [-0.4, -0.2) is 38.9 Å². The van der Waals surface area contributed by atoms with Crippen LogP contribution >= 0.6 is 15.9 Å². The van der Waals surface area contributed by atoms with Gasteiger partial charge in [0.2, 0.25) is 0 Å². The molecule has 0 heterocycles. The number of esters is 2. The Morgan fingerprint density at radius 3 is 1.68 bits per heavy atom. The van der Waals surface area contributed by atoms with E-state index in [1.807, 2.05) is 0 Å². The fourth-order valence-corrected chi connectivity index (χ4v) is 3.00. The van der Waals surface area contributed by atoms with Gasteiger partial charge < -0.3 is 18.9 Å². The summed E-state index contributed by atoms with van der Waals surface area (Å²) < 4.78 is 89.4. The maximum atomic E-state index is 12.3. The van der Waals surface area contributed by atoms with Gasteiger partial charge in [0.25, 0.3) is 0 Å². The number of methoxy groups -OCH3 is 2. The Bertz CT molecular complexity index is 1030. The van der Waals surface area contributed by atoms with Crippen LogP contribution in [-0.2, 0) is 9.47 Å². The monoisotopic (exact) mass is 558 g/mol. The normalized spacial score (nSPS) is 13.3. The Hall–Kier alpha value is -2.96. The van der Waals surface area contributed by atoms with Crippen LogP contribution in [0.25, 0.3) is 0 Å². The van der Waals surface area contributed by atoms with Crippen molar-refractivity contribution in [2.75, 3.05) is 14.2 Å². The third kappa shape index (κ3) is 8.43. The maximum absolute atomic E-state index is 12.3. The lowest BCUT2D eigenvalue weighted by molar-refractivity contribution is -0.275. The number of carbonyl (C=O) groups excluding carboxylic acids is 2. The van der Waals surface area contributed by atoms with Crippen LogP contribution in [0.4, 0.5) is 26.3 Å². The van der Waals surface area contributed by atoms with Crippen molar-refractivity contribution in [1.82, 2.24) is 0 Å². The number of hydrogen-bond donors (Lipinski definition) is 0. The van der Waals surface area contributed by atoms with Gasteiger partial charge in [-0.1, -0.05) is 6.07 Å². The number of ether oxygens (including phenoxy) is 4. The Morgan fingerprint density at radius 2 is 1.24 bits per heavy atom. The predicted octanol–water partition coefficient (Wildman–Crippen LogP) is 6.38. The Morgan fingerprint density at radius 1 is 0.794 bits per heavy atom. The van der Waals surface area contributed by atoms with Gasteiger partial charge in [0.1, 0.15) is 11.5 Å². The fraction of sp³-hybridized carbons (Fsp3) is 0.333. The average molecular weight is 559 g/mol. The molecule has 1 aliphatic rings. The average Bonchev–Trinajstić information content (AvgIpc) is 3.57. The molecule has 186 valence electrons. The molecule has 1 fully saturated rings. The summed E-state index contributed by atoms with van der Waals surface area (Å²) in [5.74, 6) is -2.14. The zero-order valence-electron chi connectivity index (χ0n) is 17.6. The molecule has 0 spiro atoms. The van der Waals surface area contributed by atoms with Crippen molar-refractivity contribution in [2.45, 2.75) is 31.5 Å². The molecule has 2 aromatic carbocycles. The fourth-order valence-electron chi connectivity index (χ4n) is 2.67. The molecule has 0 bridgehead atoms. The summed E-state index contributed by atoms with van der Waals surface area (Å²) in [6.45, 7) is 0. The molecule has 6 nitrogen and oxygen atoms in total. The minimum absolute atomic E-state index is 0.0232. The van der Waals surface area contributed by atoms with Gasteiger partial charge >= 0.3 is 24.7 Å². The van der Waals surface area contributed by atoms with Gasteiger partial charge in [-0.25, -0.2) is 9.59 Å². The summed E-state index contributed by atoms with van der Waals surface area (Å²) in [4.78, 5) is 22.3. The Kier molecular flexibility index (Phi) is 8.81. The highest BCUT2D eigenvalue weighted by Gasteiger charge is 2.35. The molecule has 0 aromatic heterocycles. The van der Waals surface area contributed by atoms with Crippen molar-refractivity contribution in [3.05, 3.63) is 57.6 Å². The van der Waals surface area contributed by atoms with Crippen LogP contribution in [0.2, 0.25) is 0 Å². The summed E-state index contributed by atoms with van der Waals surface area (Å²) in [5, 5.41) is 0. The zero-order valence-corrected chi connectivity index (χ0v) is 19.1. The Labute approximate surface area is 197 Å². The summed E-state index contributed by atoms with van der Waals surface area (Å²) >= 11 is 2.88. The first kappa shape index (κ1) is 27.3. The van der Waals surface area contributed by atoms with E-state index < -0.39 is 30.4 Å². The lowest BCUT2D eigenvalue weighted by Gasteiger charge is -2.13. The summed E-state index contributed by atoms with van der Waals surface area (Å²) in [7, 11) is 2.30. The second kappa shape index (κ2) is 11.0. The number of halogens is 7. The molecule has 2 aromatic rings. The summed E-state index contributed by atoms with van der Waals surface area (Å²) in [6, 6.07) is 7.55. The molecule has 0 unspecified atom stereocenters. The largest absolute Gasteiger partial charge is 0.573 e. The van der Waals surface area contributed by atoms with Crippen LogP contribution < -0.4 is 9.47 Å². The molecule has 0 saturated heterocycles. The molecule has 34 heavy (non-hydrogen) atoms. The Balaban J connectivity index is 0.000000242. The van der Waals surface area contributed by atoms with Crippen LogP contribution in [0.3, 0.4) is 0 Å². The third-order valence-electron chi connectivity index (χ3n) is 4.26. The minimum atomic E-state index is -4.81. The molecular formula is C21H17BrF6O6. The number of rotatable bonds is 5. The number of benzene rings is 2. The molecule has 0 radical (unpaired) electrons. The van der Waals surface area contributed by atoms with Crippen molar-refractivity contribution in [2.24, 2.45) is 0 Å². The molecule has 1 aliphatic carbocycles. The highest BCUT2D eigenvalue weighted by molar-refractivity contribution is 9.10. The highest BCUT2D eigenvalue weighted by Crippen LogP contribution is 2.45. The van der Waals surface area contributed by atoms with Crippen molar-refractivity contribution >= 4 is 27.9 Å². The van der Waals surface area contributed by atoms with E-state index in [1.165, 1.54) is 31.4 Å². The SMILES string of the molecule is COC(=O)c1ccc(Br)c(OC(F)(F)F)c1.COC(=O)c1ccc(C2CC2)c(OC(F)(F)F)c1. The van der Waals surface area contributed by atoms with E-state index in [0.717, 1.165) is 32.1 Å². The van der Waals surface area contributed by atoms with E-state index in [-0.39, 0.29) is 27.3 Å². The molecule has 1 saturated carbocycles. The van der Waals surface area contributed by atoms with Crippen molar-refractivity contribution in [3.8, 4) is 11.5 Å². The van der Waals surface area contributed by atoms with Crippen LogP contribution in [0.5, 0.6) is 11.5 Å². The van der Waals surface area contributed by atoms with E-state index >= 15 is 0 Å². The number of carbonyl (C=O) groups is 2. The van der Waals surface area contributed by atoms with Crippen molar-refractivity contribution < 1.29 is 54.9 Å². The molecule has 0 aliphatic heterocycles. The van der Waals surface area contributed by atoms with Gasteiger partial charge in [-0.3, -0.25) is 0 Å². The molecule has 3 rings (SSSR count). The standard InChI is InChI=1S/C12H11F3O3.C9H6BrF3O3/c1-17-11(16)8-4-5-9(7-2-3-7)10(6-8)18-12(13,14)15;1-15-8(14)5-2-3-6(10)7(4-5)16-9(11,12)13/h4-7H,2-3H2,1H3;2-4H,1H3. The second-order valence-corrected chi connectivity index (χ2v) is 7.61. The zero-order chi connectivity index (χ0) is 25.7. The van der Waals surface area contributed by atoms with Crippen LogP contribution in [0, 0.1) is 0 Å². The number of alkyl halides is 6. The first-order valence-electron chi connectivity index (χ1n) is 9.35. The third-order valence-corrected chi connectivity index (χ3v) is 4.91. The van der Waals surface area contributed by atoms with Gasteiger partial charge in [0.15, 0.2) is 0 Å². The number of hydrogen-bond acceptors (Lipinski definition) is 6. The van der Waals surface area contributed by atoms with Crippen LogP contribution in [0.1, 0.15) is 45.0 Å². The van der Waals surface area contributed by atoms with Gasteiger partial charge in [-0.15, -0.1) is 26.3 Å². The molecule has 0 atom stereocenters. The highest BCUT2D eigenvalue weighted by atomic mass is 79.9. The molecule has 13 heteroatoms. The summed E-state index contributed by atoms with van der Waals surface area (Å²) in [6.07, 6.45) is -7.90.